The number of imidazole rings is 2. The van der Waals surface area contributed by atoms with Gasteiger partial charge in [-0.3, -0.25) is 0 Å². The fourth-order valence-electron chi connectivity index (χ4n) is 4.13. The van der Waals surface area contributed by atoms with Gasteiger partial charge in [0, 0.05) is 11.8 Å². The first-order chi connectivity index (χ1) is 14.2. The highest BCUT2D eigenvalue weighted by Gasteiger charge is 2.27. The summed E-state index contributed by atoms with van der Waals surface area (Å²) in [5.41, 5.74) is 6.77. The number of nitrogens with zero attached hydrogens (tertiary/aromatic N) is 2. The molecular formula is C25H24N4. The summed E-state index contributed by atoms with van der Waals surface area (Å²) in [5, 5.41) is 0. The second kappa shape index (κ2) is 7.21. The van der Waals surface area contributed by atoms with Crippen LogP contribution in [-0.4, -0.2) is 19.9 Å². The fourth-order valence-corrected chi connectivity index (χ4v) is 4.13. The molecule has 0 fully saturated rings. The Kier molecular flexibility index (Phi) is 4.39. The second-order valence-electron chi connectivity index (χ2n) is 7.87. The van der Waals surface area contributed by atoms with E-state index in [2.05, 4.69) is 72.3 Å². The van der Waals surface area contributed by atoms with E-state index in [1.807, 2.05) is 24.3 Å². The SMILES string of the molecule is Cc1cccc(C[C@@H](c2nc3ccccc3[nH]2)[C@@H](C)c2nc3ccccc3[nH]2)c1. The Morgan fingerprint density at radius 1 is 0.759 bits per heavy atom. The summed E-state index contributed by atoms with van der Waals surface area (Å²) >= 11 is 0. The third kappa shape index (κ3) is 3.42. The van der Waals surface area contributed by atoms with Crippen LogP contribution in [-0.2, 0) is 6.42 Å². The molecule has 5 rings (SSSR count). The van der Waals surface area contributed by atoms with Gasteiger partial charge in [0.25, 0.3) is 0 Å². The number of benzene rings is 3. The number of hydrogen-bond acceptors (Lipinski definition) is 2. The summed E-state index contributed by atoms with van der Waals surface area (Å²) in [5.74, 6) is 2.39. The number of aromatic amines is 2. The highest BCUT2D eigenvalue weighted by molar-refractivity contribution is 5.75. The van der Waals surface area contributed by atoms with Crippen molar-refractivity contribution in [2.75, 3.05) is 0 Å². The van der Waals surface area contributed by atoms with E-state index < -0.39 is 0 Å². The number of para-hydroxylation sites is 4. The summed E-state index contributed by atoms with van der Waals surface area (Å²) in [6.45, 7) is 4.38. The molecule has 0 bridgehead atoms. The van der Waals surface area contributed by atoms with Crippen LogP contribution in [0.4, 0.5) is 0 Å². The predicted octanol–water partition coefficient (Wildman–Crippen LogP) is 5.88. The van der Waals surface area contributed by atoms with Crippen molar-refractivity contribution in [2.45, 2.75) is 32.1 Å². The molecule has 2 N–H and O–H groups in total. The minimum absolute atomic E-state index is 0.184. The van der Waals surface area contributed by atoms with Crippen molar-refractivity contribution in [1.82, 2.24) is 19.9 Å². The Hall–Kier alpha value is -3.40. The molecule has 2 aromatic heterocycles. The van der Waals surface area contributed by atoms with Crippen LogP contribution in [0.5, 0.6) is 0 Å². The minimum atomic E-state index is 0.184. The van der Waals surface area contributed by atoms with Crippen LogP contribution in [0.2, 0.25) is 0 Å². The van der Waals surface area contributed by atoms with Crippen molar-refractivity contribution in [3.8, 4) is 0 Å². The van der Waals surface area contributed by atoms with E-state index in [0.29, 0.717) is 0 Å². The average molecular weight is 380 g/mol. The number of fused-ring (bicyclic) bond motifs is 2. The highest BCUT2D eigenvalue weighted by Crippen LogP contribution is 2.35. The Labute approximate surface area is 170 Å². The molecule has 0 saturated heterocycles. The Bertz CT molecular complexity index is 1210. The maximum Gasteiger partial charge on any atom is 0.111 e. The molecular weight excluding hydrogens is 356 g/mol. The zero-order chi connectivity index (χ0) is 19.8. The molecule has 4 heteroatoms. The lowest BCUT2D eigenvalue weighted by molar-refractivity contribution is 0.530. The van der Waals surface area contributed by atoms with E-state index in [4.69, 9.17) is 9.97 Å². The average Bonchev–Trinajstić information content (AvgIpc) is 3.35. The molecule has 144 valence electrons. The first-order valence-corrected chi connectivity index (χ1v) is 10.1. The summed E-state index contributed by atoms with van der Waals surface area (Å²) in [7, 11) is 0. The topological polar surface area (TPSA) is 57.4 Å². The van der Waals surface area contributed by atoms with E-state index in [1.165, 1.54) is 11.1 Å². The number of rotatable bonds is 5. The molecule has 0 unspecified atom stereocenters. The van der Waals surface area contributed by atoms with Crippen LogP contribution in [0.25, 0.3) is 22.1 Å². The van der Waals surface area contributed by atoms with Crippen molar-refractivity contribution >= 4 is 22.1 Å². The fraction of sp³-hybridized carbons (Fsp3) is 0.200. The van der Waals surface area contributed by atoms with E-state index in [-0.39, 0.29) is 11.8 Å². The van der Waals surface area contributed by atoms with Crippen LogP contribution < -0.4 is 0 Å². The molecule has 0 amide bonds. The zero-order valence-corrected chi connectivity index (χ0v) is 16.7. The monoisotopic (exact) mass is 380 g/mol. The molecule has 3 aromatic carbocycles. The van der Waals surface area contributed by atoms with Crippen molar-refractivity contribution in [3.05, 3.63) is 95.6 Å². The summed E-state index contributed by atoms with van der Waals surface area (Å²) in [4.78, 5) is 16.9. The molecule has 0 aliphatic heterocycles. The Morgan fingerprint density at radius 2 is 1.38 bits per heavy atom. The molecule has 2 atom stereocenters. The van der Waals surface area contributed by atoms with Crippen LogP contribution in [0, 0.1) is 6.92 Å². The van der Waals surface area contributed by atoms with Crippen LogP contribution in [0.15, 0.2) is 72.8 Å². The Morgan fingerprint density at radius 3 is 2.03 bits per heavy atom. The van der Waals surface area contributed by atoms with Crippen molar-refractivity contribution in [3.63, 3.8) is 0 Å². The van der Waals surface area contributed by atoms with Crippen LogP contribution in [0.1, 0.15) is 41.5 Å². The molecule has 2 heterocycles. The van der Waals surface area contributed by atoms with Crippen LogP contribution in [0.3, 0.4) is 0 Å². The van der Waals surface area contributed by atoms with Gasteiger partial charge >= 0.3 is 0 Å². The normalized spacial score (nSPS) is 13.7. The van der Waals surface area contributed by atoms with Gasteiger partial charge in [0.2, 0.25) is 0 Å². The van der Waals surface area contributed by atoms with Gasteiger partial charge in [-0.25, -0.2) is 9.97 Å². The maximum atomic E-state index is 4.93. The van der Waals surface area contributed by atoms with Gasteiger partial charge in [0.1, 0.15) is 11.6 Å². The molecule has 29 heavy (non-hydrogen) atoms. The van der Waals surface area contributed by atoms with Crippen molar-refractivity contribution in [1.29, 1.82) is 0 Å². The number of aryl methyl sites for hydroxylation is 1. The molecule has 0 aliphatic rings. The minimum Gasteiger partial charge on any atom is -0.342 e. The van der Waals surface area contributed by atoms with E-state index >= 15 is 0 Å². The predicted molar refractivity (Wildman–Crippen MR) is 118 cm³/mol. The quantitative estimate of drug-likeness (QED) is 0.400. The smallest absolute Gasteiger partial charge is 0.111 e. The summed E-state index contributed by atoms with van der Waals surface area (Å²) in [6.07, 6.45) is 0.902. The molecule has 4 nitrogen and oxygen atoms in total. The number of H-pyrrole nitrogens is 2. The van der Waals surface area contributed by atoms with Gasteiger partial charge in [-0.15, -0.1) is 0 Å². The van der Waals surface area contributed by atoms with Gasteiger partial charge < -0.3 is 9.97 Å². The zero-order valence-electron chi connectivity index (χ0n) is 16.7. The van der Waals surface area contributed by atoms with Crippen LogP contribution >= 0.6 is 0 Å². The van der Waals surface area contributed by atoms with Gasteiger partial charge in [-0.05, 0) is 43.2 Å². The summed E-state index contributed by atoms with van der Waals surface area (Å²) < 4.78 is 0. The van der Waals surface area contributed by atoms with Gasteiger partial charge in [-0.2, -0.15) is 0 Å². The lowest BCUT2D eigenvalue weighted by atomic mass is 9.86. The van der Waals surface area contributed by atoms with Gasteiger partial charge in [-0.1, -0.05) is 61.0 Å². The van der Waals surface area contributed by atoms with E-state index in [1.54, 1.807) is 0 Å². The molecule has 0 radical (unpaired) electrons. The van der Waals surface area contributed by atoms with Crippen molar-refractivity contribution < 1.29 is 0 Å². The molecule has 0 aliphatic carbocycles. The second-order valence-corrected chi connectivity index (χ2v) is 7.87. The maximum absolute atomic E-state index is 4.93. The van der Waals surface area contributed by atoms with Gasteiger partial charge in [0.05, 0.1) is 22.1 Å². The lowest BCUT2D eigenvalue weighted by Gasteiger charge is -2.21. The number of nitrogens with one attached hydrogen (secondary N) is 2. The third-order valence-electron chi connectivity index (χ3n) is 5.74. The largest absolute Gasteiger partial charge is 0.342 e. The first kappa shape index (κ1) is 17.7. The third-order valence-corrected chi connectivity index (χ3v) is 5.74. The summed E-state index contributed by atoms with van der Waals surface area (Å²) in [6, 6.07) is 25.2. The number of aromatic nitrogens is 4. The standard InChI is InChI=1S/C25H24N4/c1-16-8-7-9-18(14-16)15-19(25-28-22-12-5-6-13-23(22)29-25)17(2)24-26-20-10-3-4-11-21(20)27-24/h3-14,17,19H,15H2,1-2H3,(H,26,27)(H,28,29)/t17-,19-/m1/s1. The lowest BCUT2D eigenvalue weighted by Crippen LogP contribution is -2.14. The Balaban J connectivity index is 1.58. The molecule has 0 spiro atoms. The van der Waals surface area contributed by atoms with E-state index in [9.17, 15) is 0 Å². The number of hydrogen-bond donors (Lipinski definition) is 2. The molecule has 5 aromatic rings. The highest BCUT2D eigenvalue weighted by atomic mass is 15.0. The van der Waals surface area contributed by atoms with Gasteiger partial charge in [0.15, 0.2) is 0 Å². The first-order valence-electron chi connectivity index (χ1n) is 10.1. The van der Waals surface area contributed by atoms with Crippen molar-refractivity contribution in [2.24, 2.45) is 0 Å². The molecule has 0 saturated carbocycles. The van der Waals surface area contributed by atoms with E-state index in [0.717, 1.165) is 40.1 Å².